The van der Waals surface area contributed by atoms with Crippen LogP contribution in [0.15, 0.2) is 41.4 Å². The van der Waals surface area contributed by atoms with Crippen LogP contribution < -0.4 is 5.32 Å². The molecule has 28 heavy (non-hydrogen) atoms. The lowest BCUT2D eigenvalue weighted by Gasteiger charge is -2.11. The summed E-state index contributed by atoms with van der Waals surface area (Å²) in [6, 6.07) is 11.3. The first-order valence-corrected chi connectivity index (χ1v) is 10.2. The molecule has 0 saturated carbocycles. The van der Waals surface area contributed by atoms with Gasteiger partial charge in [-0.1, -0.05) is 35.5 Å². The number of aliphatic imine (C=N–C) groups is 1. The third-order valence-corrected chi connectivity index (χ3v) is 6.41. The fraction of sp³-hybridized carbons (Fsp3) is 0.286. The number of amidine groups is 1. The Balaban J connectivity index is 1.70. The van der Waals surface area contributed by atoms with Gasteiger partial charge < -0.3 is 5.32 Å². The Hall–Kier alpha value is -2.31. The van der Waals surface area contributed by atoms with Gasteiger partial charge in [-0.05, 0) is 61.7 Å². The molecule has 0 unspecified atom stereocenters. The summed E-state index contributed by atoms with van der Waals surface area (Å²) in [5, 5.41) is 3.54. The number of hydrogen-bond donors (Lipinski definition) is 1. The van der Waals surface area contributed by atoms with Gasteiger partial charge in [0.1, 0.15) is 5.25 Å². The highest BCUT2D eigenvalue weighted by atomic mass is 35.5. The Kier molecular flexibility index (Phi) is 6.10. The third-order valence-electron chi connectivity index (χ3n) is 4.77. The highest BCUT2D eigenvalue weighted by molar-refractivity contribution is 8.15. The van der Waals surface area contributed by atoms with Crippen LogP contribution in [0.5, 0.6) is 0 Å². The maximum atomic E-state index is 12.6. The summed E-state index contributed by atoms with van der Waals surface area (Å²) < 4.78 is 0. The van der Waals surface area contributed by atoms with Crippen molar-refractivity contribution in [2.45, 2.75) is 32.4 Å². The van der Waals surface area contributed by atoms with Crippen LogP contribution in [-0.4, -0.2) is 34.2 Å². The molecule has 0 bridgehead atoms. The van der Waals surface area contributed by atoms with E-state index in [1.54, 1.807) is 25.2 Å². The summed E-state index contributed by atoms with van der Waals surface area (Å²) >= 11 is 7.41. The predicted octanol–water partition coefficient (Wildman–Crippen LogP) is 4.86. The van der Waals surface area contributed by atoms with Crippen molar-refractivity contribution in [3.8, 4) is 0 Å². The Morgan fingerprint density at radius 2 is 1.96 bits per heavy atom. The molecule has 3 rings (SSSR count). The van der Waals surface area contributed by atoms with Gasteiger partial charge in [0, 0.05) is 24.2 Å². The highest BCUT2D eigenvalue weighted by Gasteiger charge is 2.37. The zero-order chi connectivity index (χ0) is 20.4. The van der Waals surface area contributed by atoms with Gasteiger partial charge in [0.05, 0.1) is 5.69 Å². The Bertz CT molecular complexity index is 974. The summed E-state index contributed by atoms with van der Waals surface area (Å²) in [6.07, 6.45) is 0.0751. The number of anilines is 1. The van der Waals surface area contributed by atoms with Gasteiger partial charge in [-0.25, -0.2) is 4.99 Å². The van der Waals surface area contributed by atoms with Crippen molar-refractivity contribution in [2.24, 2.45) is 4.99 Å². The molecule has 0 radical (unpaired) electrons. The molecule has 0 aliphatic carbocycles. The lowest BCUT2D eigenvalue weighted by atomic mass is 10.1. The van der Waals surface area contributed by atoms with E-state index in [1.807, 2.05) is 39.0 Å². The number of amides is 2. The highest BCUT2D eigenvalue weighted by Crippen LogP contribution is 2.31. The van der Waals surface area contributed by atoms with E-state index in [1.165, 1.54) is 22.2 Å². The number of carbonyl (C=O) groups excluding carboxylic acids is 2. The number of nitrogens with zero attached hydrogens (tertiary/aromatic N) is 2. The summed E-state index contributed by atoms with van der Waals surface area (Å²) in [5.41, 5.74) is 4.59. The predicted molar refractivity (Wildman–Crippen MR) is 117 cm³/mol. The van der Waals surface area contributed by atoms with E-state index in [-0.39, 0.29) is 18.2 Å². The zero-order valence-corrected chi connectivity index (χ0v) is 17.8. The van der Waals surface area contributed by atoms with Gasteiger partial charge in [-0.3, -0.25) is 14.5 Å². The smallest absolute Gasteiger partial charge is 0.242 e. The lowest BCUT2D eigenvalue weighted by molar-refractivity contribution is -0.127. The summed E-state index contributed by atoms with van der Waals surface area (Å²) in [4.78, 5) is 31.1. The van der Waals surface area contributed by atoms with Gasteiger partial charge >= 0.3 is 0 Å². The van der Waals surface area contributed by atoms with Crippen molar-refractivity contribution in [1.29, 1.82) is 0 Å². The van der Waals surface area contributed by atoms with Crippen LogP contribution in [0.25, 0.3) is 0 Å². The SMILES string of the molecule is Cc1ccc(N=C2S[C@H](CC(=O)Nc3cccc(Cl)c3C)C(=O)N2C)cc1C. The maximum absolute atomic E-state index is 12.6. The number of aryl methyl sites for hydroxylation is 2. The fourth-order valence-corrected chi connectivity index (χ4v) is 4.14. The van der Waals surface area contributed by atoms with Crippen molar-refractivity contribution in [1.82, 2.24) is 4.90 Å². The summed E-state index contributed by atoms with van der Waals surface area (Å²) in [6.45, 7) is 5.92. The lowest BCUT2D eigenvalue weighted by Crippen LogP contribution is -2.30. The average molecular weight is 416 g/mol. The minimum absolute atomic E-state index is 0.0751. The maximum Gasteiger partial charge on any atom is 0.242 e. The van der Waals surface area contributed by atoms with Gasteiger partial charge in [0.15, 0.2) is 5.17 Å². The van der Waals surface area contributed by atoms with E-state index >= 15 is 0 Å². The van der Waals surface area contributed by atoms with Gasteiger partial charge in [0.2, 0.25) is 11.8 Å². The number of carbonyl (C=O) groups is 2. The van der Waals surface area contributed by atoms with Crippen LogP contribution in [0.1, 0.15) is 23.1 Å². The van der Waals surface area contributed by atoms with Crippen molar-refractivity contribution < 1.29 is 9.59 Å². The van der Waals surface area contributed by atoms with Crippen molar-refractivity contribution >= 4 is 51.7 Å². The second-order valence-electron chi connectivity index (χ2n) is 6.83. The molecule has 5 nitrogen and oxygen atoms in total. The third kappa shape index (κ3) is 4.39. The molecule has 1 N–H and O–H groups in total. The number of halogens is 1. The standard InChI is InChI=1S/C21H22ClN3O2S/c1-12-8-9-15(10-13(12)2)23-21-25(4)20(27)18(28-21)11-19(26)24-17-7-5-6-16(22)14(17)3/h5-10,18H,11H2,1-4H3,(H,24,26)/t18-/m1/s1. The molecular formula is C21H22ClN3O2S. The largest absolute Gasteiger partial charge is 0.326 e. The van der Waals surface area contributed by atoms with E-state index in [0.29, 0.717) is 15.9 Å². The molecule has 1 atom stereocenters. The number of hydrogen-bond acceptors (Lipinski definition) is 4. The second kappa shape index (κ2) is 8.37. The molecule has 1 heterocycles. The van der Waals surface area contributed by atoms with E-state index in [9.17, 15) is 9.59 Å². The molecule has 1 saturated heterocycles. The molecule has 0 aromatic heterocycles. The normalized spacial score (nSPS) is 18.0. The Labute approximate surface area is 174 Å². The van der Waals surface area contributed by atoms with Gasteiger partial charge in [-0.2, -0.15) is 0 Å². The minimum atomic E-state index is -0.491. The molecule has 1 aliphatic rings. The summed E-state index contributed by atoms with van der Waals surface area (Å²) in [5.74, 6) is -0.345. The Morgan fingerprint density at radius 1 is 1.21 bits per heavy atom. The van der Waals surface area contributed by atoms with Gasteiger partial charge in [-0.15, -0.1) is 0 Å². The van der Waals surface area contributed by atoms with Crippen LogP contribution in [0.4, 0.5) is 11.4 Å². The molecule has 2 amide bonds. The van der Waals surface area contributed by atoms with E-state index in [4.69, 9.17) is 11.6 Å². The first-order chi connectivity index (χ1) is 13.3. The van der Waals surface area contributed by atoms with Crippen molar-refractivity contribution in [3.63, 3.8) is 0 Å². The molecule has 0 spiro atoms. The molecule has 2 aromatic carbocycles. The number of benzene rings is 2. The molecule has 7 heteroatoms. The molecule has 1 aliphatic heterocycles. The fourth-order valence-electron chi connectivity index (χ4n) is 2.82. The molecule has 1 fully saturated rings. The average Bonchev–Trinajstić information content (AvgIpc) is 2.90. The van der Waals surface area contributed by atoms with Crippen molar-refractivity contribution in [2.75, 3.05) is 12.4 Å². The zero-order valence-electron chi connectivity index (χ0n) is 16.2. The monoisotopic (exact) mass is 415 g/mol. The van der Waals surface area contributed by atoms with Gasteiger partial charge in [0.25, 0.3) is 0 Å². The van der Waals surface area contributed by atoms with Crippen LogP contribution in [0.2, 0.25) is 5.02 Å². The van der Waals surface area contributed by atoms with Crippen LogP contribution in [0, 0.1) is 20.8 Å². The van der Waals surface area contributed by atoms with E-state index in [2.05, 4.69) is 10.3 Å². The van der Waals surface area contributed by atoms with Crippen LogP contribution >= 0.6 is 23.4 Å². The number of nitrogens with one attached hydrogen (secondary N) is 1. The minimum Gasteiger partial charge on any atom is -0.326 e. The van der Waals surface area contributed by atoms with Crippen LogP contribution in [-0.2, 0) is 9.59 Å². The molecule has 2 aromatic rings. The quantitative estimate of drug-likeness (QED) is 0.775. The Morgan fingerprint density at radius 3 is 2.68 bits per heavy atom. The molecular weight excluding hydrogens is 394 g/mol. The number of rotatable bonds is 4. The first-order valence-electron chi connectivity index (χ1n) is 8.91. The summed E-state index contributed by atoms with van der Waals surface area (Å²) in [7, 11) is 1.69. The van der Waals surface area contributed by atoms with Crippen molar-refractivity contribution in [3.05, 3.63) is 58.1 Å². The molecule has 146 valence electrons. The second-order valence-corrected chi connectivity index (χ2v) is 8.41. The number of thioether (sulfide) groups is 1. The van der Waals surface area contributed by atoms with E-state index < -0.39 is 5.25 Å². The first kappa shape index (κ1) is 20.4. The van der Waals surface area contributed by atoms with E-state index in [0.717, 1.165) is 16.8 Å². The topological polar surface area (TPSA) is 61.8 Å². The van der Waals surface area contributed by atoms with Crippen LogP contribution in [0.3, 0.4) is 0 Å².